The summed E-state index contributed by atoms with van der Waals surface area (Å²) in [6.45, 7) is 0.565. The molecule has 0 saturated heterocycles. The van der Waals surface area contributed by atoms with Crippen molar-refractivity contribution in [3.8, 4) is 0 Å². The van der Waals surface area contributed by atoms with Crippen molar-refractivity contribution in [3.63, 3.8) is 0 Å². The molecule has 0 bridgehead atoms. The Bertz CT molecular complexity index is 659. The first-order chi connectivity index (χ1) is 9.20. The highest BCUT2D eigenvalue weighted by atomic mass is 35.7. The summed E-state index contributed by atoms with van der Waals surface area (Å²) in [4.78, 5) is 12.9. The van der Waals surface area contributed by atoms with E-state index in [9.17, 15) is 17.6 Å². The molecule has 0 N–H and O–H groups in total. The lowest BCUT2D eigenvalue weighted by molar-refractivity contribution is 0.0788. The maximum Gasteiger partial charge on any atom is 0.264 e. The molecule has 4 nitrogen and oxygen atoms in total. The average molecular weight is 340 g/mol. The lowest BCUT2D eigenvalue weighted by Gasteiger charge is -2.18. The van der Waals surface area contributed by atoms with Gasteiger partial charge in [-0.2, -0.15) is 0 Å². The van der Waals surface area contributed by atoms with Gasteiger partial charge in [-0.3, -0.25) is 4.79 Å². The molecule has 1 aliphatic carbocycles. The van der Waals surface area contributed by atoms with Crippen LogP contribution in [-0.4, -0.2) is 32.8 Å². The molecule has 1 aliphatic rings. The van der Waals surface area contributed by atoms with E-state index in [0.717, 1.165) is 25.0 Å². The predicted octanol–water partition coefficient (Wildman–Crippen LogP) is 2.89. The number of halogens is 3. The van der Waals surface area contributed by atoms with E-state index in [0.29, 0.717) is 12.5 Å². The fourth-order valence-electron chi connectivity index (χ4n) is 1.86. The van der Waals surface area contributed by atoms with Crippen molar-refractivity contribution in [2.75, 3.05) is 13.6 Å². The molecule has 8 heteroatoms. The van der Waals surface area contributed by atoms with Gasteiger partial charge in [-0.15, -0.1) is 0 Å². The third-order valence-corrected chi connectivity index (χ3v) is 4.74. The fraction of sp³-hybridized carbons (Fsp3) is 0.417. The molecule has 1 amide bonds. The van der Waals surface area contributed by atoms with Crippen molar-refractivity contribution in [3.05, 3.63) is 28.5 Å². The molecular weight excluding hydrogens is 328 g/mol. The summed E-state index contributed by atoms with van der Waals surface area (Å²) in [5, 5.41) is -0.140. The van der Waals surface area contributed by atoms with E-state index < -0.39 is 25.7 Å². The quantitative estimate of drug-likeness (QED) is 0.792. The van der Waals surface area contributed by atoms with Crippen molar-refractivity contribution < 1.29 is 17.6 Å². The second-order valence-corrected chi connectivity index (χ2v) is 7.77. The SMILES string of the molecule is CN(CC1CC1)C(=O)c1cc(S(=O)(=O)Cl)c(F)cc1Cl. The maximum atomic E-state index is 13.5. The highest BCUT2D eigenvalue weighted by Gasteiger charge is 2.27. The van der Waals surface area contributed by atoms with Crippen LogP contribution in [-0.2, 0) is 9.05 Å². The minimum atomic E-state index is -4.27. The minimum Gasteiger partial charge on any atom is -0.341 e. The first-order valence-corrected chi connectivity index (χ1v) is 8.58. The van der Waals surface area contributed by atoms with Crippen molar-refractivity contribution in [2.24, 2.45) is 5.92 Å². The normalized spacial score (nSPS) is 15.2. The topological polar surface area (TPSA) is 54.5 Å². The summed E-state index contributed by atoms with van der Waals surface area (Å²) in [5.41, 5.74) is -0.0737. The first kappa shape index (κ1) is 15.5. The number of rotatable bonds is 4. The zero-order valence-corrected chi connectivity index (χ0v) is 12.9. The molecule has 0 radical (unpaired) electrons. The highest BCUT2D eigenvalue weighted by molar-refractivity contribution is 8.13. The smallest absolute Gasteiger partial charge is 0.264 e. The van der Waals surface area contributed by atoms with E-state index in [-0.39, 0.29) is 10.6 Å². The summed E-state index contributed by atoms with van der Waals surface area (Å²) in [6.07, 6.45) is 2.13. The number of benzene rings is 1. The van der Waals surface area contributed by atoms with Crippen LogP contribution in [0.2, 0.25) is 5.02 Å². The van der Waals surface area contributed by atoms with Gasteiger partial charge in [0.2, 0.25) is 0 Å². The predicted molar refractivity (Wildman–Crippen MR) is 74.1 cm³/mol. The summed E-state index contributed by atoms with van der Waals surface area (Å²) >= 11 is 5.82. The molecule has 1 aromatic rings. The summed E-state index contributed by atoms with van der Waals surface area (Å²) in [7, 11) is 2.45. The molecule has 0 atom stereocenters. The van der Waals surface area contributed by atoms with Gasteiger partial charge in [-0.25, -0.2) is 12.8 Å². The Morgan fingerprint density at radius 1 is 1.45 bits per heavy atom. The number of nitrogens with zero attached hydrogens (tertiary/aromatic N) is 1. The van der Waals surface area contributed by atoms with Crippen LogP contribution in [0.15, 0.2) is 17.0 Å². The first-order valence-electron chi connectivity index (χ1n) is 5.89. The van der Waals surface area contributed by atoms with E-state index in [1.54, 1.807) is 7.05 Å². The molecular formula is C12H12Cl2FNO3S. The summed E-state index contributed by atoms with van der Waals surface area (Å²) in [5.74, 6) is -1.06. The molecule has 1 aromatic carbocycles. The van der Waals surface area contributed by atoms with Gasteiger partial charge in [0.1, 0.15) is 10.7 Å². The van der Waals surface area contributed by atoms with Crippen molar-refractivity contribution in [1.29, 1.82) is 0 Å². The van der Waals surface area contributed by atoms with Crippen LogP contribution in [0, 0.1) is 11.7 Å². The van der Waals surface area contributed by atoms with E-state index in [1.165, 1.54) is 4.90 Å². The Labute approximate surface area is 125 Å². The molecule has 0 spiro atoms. The second-order valence-electron chi connectivity index (χ2n) is 4.83. The molecule has 20 heavy (non-hydrogen) atoms. The Morgan fingerprint density at radius 3 is 2.55 bits per heavy atom. The highest BCUT2D eigenvalue weighted by Crippen LogP contribution is 2.31. The number of hydrogen-bond acceptors (Lipinski definition) is 3. The Kier molecular flexibility index (Phi) is 4.27. The number of carbonyl (C=O) groups excluding carboxylic acids is 1. The molecule has 2 rings (SSSR count). The Balaban J connectivity index is 2.37. The molecule has 110 valence electrons. The monoisotopic (exact) mass is 339 g/mol. The standard InChI is InChI=1S/C12H12Cl2FNO3S/c1-16(6-7-2-3-7)12(17)8-4-11(20(14,18)19)10(15)5-9(8)13/h4-5,7H,2-3,6H2,1H3. The van der Waals surface area contributed by atoms with Crippen LogP contribution in [0.5, 0.6) is 0 Å². The van der Waals surface area contributed by atoms with Gasteiger partial charge in [0, 0.05) is 24.3 Å². The van der Waals surface area contributed by atoms with Gasteiger partial charge in [-0.1, -0.05) is 11.6 Å². The maximum absolute atomic E-state index is 13.5. The molecule has 0 aromatic heterocycles. The zero-order valence-electron chi connectivity index (χ0n) is 10.6. The number of carbonyl (C=O) groups is 1. The lowest BCUT2D eigenvalue weighted by Crippen LogP contribution is -2.29. The van der Waals surface area contributed by atoms with Gasteiger partial charge in [0.25, 0.3) is 15.0 Å². The Hall–Kier alpha value is -0.850. The van der Waals surface area contributed by atoms with Crippen LogP contribution in [0.4, 0.5) is 4.39 Å². The number of hydrogen-bond donors (Lipinski definition) is 0. The largest absolute Gasteiger partial charge is 0.341 e. The lowest BCUT2D eigenvalue weighted by atomic mass is 10.2. The van der Waals surface area contributed by atoms with Gasteiger partial charge in [0.15, 0.2) is 0 Å². The van der Waals surface area contributed by atoms with Crippen LogP contribution in [0.3, 0.4) is 0 Å². The van der Waals surface area contributed by atoms with Gasteiger partial charge < -0.3 is 4.90 Å². The molecule has 0 heterocycles. The molecule has 1 fully saturated rings. The summed E-state index contributed by atoms with van der Waals surface area (Å²) < 4.78 is 36.0. The van der Waals surface area contributed by atoms with Gasteiger partial charge >= 0.3 is 0 Å². The Morgan fingerprint density at radius 2 is 2.05 bits per heavy atom. The van der Waals surface area contributed by atoms with E-state index in [1.807, 2.05) is 0 Å². The van der Waals surface area contributed by atoms with E-state index in [2.05, 4.69) is 0 Å². The number of amides is 1. The van der Waals surface area contributed by atoms with E-state index in [4.69, 9.17) is 22.3 Å². The van der Waals surface area contributed by atoms with Gasteiger partial charge in [-0.05, 0) is 30.9 Å². The average Bonchev–Trinajstić information content (AvgIpc) is 3.10. The van der Waals surface area contributed by atoms with E-state index >= 15 is 0 Å². The van der Waals surface area contributed by atoms with Gasteiger partial charge in [0.05, 0.1) is 10.6 Å². The fourth-order valence-corrected chi connectivity index (χ4v) is 2.99. The molecule has 0 aliphatic heterocycles. The molecule has 0 unspecified atom stereocenters. The third kappa shape index (κ3) is 3.42. The van der Waals surface area contributed by atoms with Crippen LogP contribution < -0.4 is 0 Å². The minimum absolute atomic E-state index is 0.0737. The van der Waals surface area contributed by atoms with Crippen molar-refractivity contribution >= 4 is 37.2 Å². The van der Waals surface area contributed by atoms with Crippen molar-refractivity contribution in [2.45, 2.75) is 17.7 Å². The van der Waals surface area contributed by atoms with Crippen LogP contribution in [0.25, 0.3) is 0 Å². The molecule has 1 saturated carbocycles. The summed E-state index contributed by atoms with van der Waals surface area (Å²) in [6, 6.07) is 1.67. The van der Waals surface area contributed by atoms with Crippen LogP contribution in [0.1, 0.15) is 23.2 Å². The second kappa shape index (κ2) is 5.50. The zero-order chi connectivity index (χ0) is 15.1. The third-order valence-electron chi connectivity index (χ3n) is 3.09. The van der Waals surface area contributed by atoms with Crippen LogP contribution >= 0.6 is 22.3 Å². The van der Waals surface area contributed by atoms with Crippen molar-refractivity contribution in [1.82, 2.24) is 4.90 Å².